The van der Waals surface area contributed by atoms with Gasteiger partial charge in [0.1, 0.15) is 0 Å². The third kappa shape index (κ3) is 8.35. The minimum absolute atomic E-state index is 0. The Hall–Kier alpha value is -0.764. The number of carboxylic acids is 2. The fourth-order valence-electron chi connectivity index (χ4n) is 0.864. The molecule has 94 valence electrons. The van der Waals surface area contributed by atoms with Gasteiger partial charge in [-0.25, -0.2) is 0 Å². The van der Waals surface area contributed by atoms with Crippen LogP contribution >= 0.6 is 12.0 Å². The number of hydrogen-bond donors (Lipinski definition) is 1. The van der Waals surface area contributed by atoms with Crippen molar-refractivity contribution in [1.82, 2.24) is 0 Å². The summed E-state index contributed by atoms with van der Waals surface area (Å²) < 4.78 is 7.98. The van der Waals surface area contributed by atoms with E-state index in [4.69, 9.17) is 4.55 Å². The van der Waals surface area contributed by atoms with E-state index in [2.05, 4.69) is 0 Å². The smallest absolute Gasteiger partial charge is 0.545 e. The van der Waals surface area contributed by atoms with Gasteiger partial charge in [0.15, 0.2) is 0 Å². The first-order chi connectivity index (χ1) is 8.02. The van der Waals surface area contributed by atoms with Crippen molar-refractivity contribution in [2.45, 2.75) is 13.3 Å². The zero-order valence-corrected chi connectivity index (χ0v) is 12.1. The summed E-state index contributed by atoms with van der Waals surface area (Å²) >= 11 is 0.902. The molecule has 0 fully saturated rings. The zero-order valence-electron chi connectivity index (χ0n) is 9.92. The van der Waals surface area contributed by atoms with Crippen LogP contribution < -0.4 is 10.2 Å². The molecule has 1 rings (SSSR count). The number of rotatable bonds is 4. The second-order valence-electron chi connectivity index (χ2n) is 2.99. The Kier molecular flexibility index (Phi) is 12.3. The molecule has 0 aliphatic rings. The van der Waals surface area contributed by atoms with Crippen LogP contribution in [-0.4, -0.2) is 45.3 Å². The molecule has 1 aromatic rings. The molecule has 1 N–H and O–H groups in total. The van der Waals surface area contributed by atoms with Gasteiger partial charge in [-0.1, -0.05) is 25.1 Å². The van der Waals surface area contributed by atoms with E-state index in [1.807, 2.05) is 6.92 Å². The van der Waals surface area contributed by atoms with Crippen molar-refractivity contribution in [3.8, 4) is 0 Å². The summed E-state index contributed by atoms with van der Waals surface area (Å²) in [5.74, 6) is -1.95. The molecule has 0 amide bonds. The molecular weight excluding hydrogens is 268 g/mol. The summed E-state index contributed by atoms with van der Waals surface area (Å²) in [5, 5.41) is 20.5. The van der Waals surface area contributed by atoms with Gasteiger partial charge in [0.05, 0.1) is 11.9 Å². The van der Waals surface area contributed by atoms with Gasteiger partial charge in [0.2, 0.25) is 0 Å². The molecular formula is C11H12MgO5S. The molecule has 5 nitrogen and oxygen atoms in total. The molecule has 0 spiro atoms. The first kappa shape index (κ1) is 19.6. The van der Waals surface area contributed by atoms with E-state index in [1.165, 1.54) is 18.2 Å². The van der Waals surface area contributed by atoms with Gasteiger partial charge < -0.3 is 24.4 Å². The summed E-state index contributed by atoms with van der Waals surface area (Å²) in [6.45, 7) is 2.03. The van der Waals surface area contributed by atoms with Crippen molar-refractivity contribution in [1.29, 1.82) is 0 Å². The average Bonchev–Trinajstić information content (AvgIpc) is 2.31. The molecule has 0 aromatic heterocycles. The van der Waals surface area contributed by atoms with Crippen molar-refractivity contribution in [2.75, 3.05) is 5.75 Å². The van der Waals surface area contributed by atoms with Crippen LogP contribution in [0.5, 0.6) is 0 Å². The maximum absolute atomic E-state index is 10.3. The van der Waals surface area contributed by atoms with Gasteiger partial charge in [0, 0.05) is 5.75 Å². The monoisotopic (exact) mass is 280 g/mol. The summed E-state index contributed by atoms with van der Waals surface area (Å²) in [7, 11) is 0. The third-order valence-electron chi connectivity index (χ3n) is 1.63. The van der Waals surface area contributed by atoms with Gasteiger partial charge in [-0.3, -0.25) is 0 Å². The first-order valence-electron chi connectivity index (χ1n) is 4.82. The maximum atomic E-state index is 10.3. The van der Waals surface area contributed by atoms with Gasteiger partial charge >= 0.3 is 23.1 Å². The van der Waals surface area contributed by atoms with E-state index in [9.17, 15) is 19.8 Å². The predicted molar refractivity (Wildman–Crippen MR) is 66.2 cm³/mol. The van der Waals surface area contributed by atoms with Gasteiger partial charge in [-0.05, 0) is 35.7 Å². The third-order valence-corrected chi connectivity index (χ3v) is 2.22. The van der Waals surface area contributed by atoms with E-state index in [1.54, 1.807) is 0 Å². The summed E-state index contributed by atoms with van der Waals surface area (Å²) in [5.41, 5.74) is -0.339. The van der Waals surface area contributed by atoms with Crippen molar-refractivity contribution in [3.05, 3.63) is 35.4 Å². The van der Waals surface area contributed by atoms with Crippen LogP contribution in [0.1, 0.15) is 34.1 Å². The number of carbonyl (C=O) groups excluding carboxylic acids is 2. The van der Waals surface area contributed by atoms with E-state index < -0.39 is 11.9 Å². The Balaban J connectivity index is 0. The summed E-state index contributed by atoms with van der Waals surface area (Å²) in [4.78, 5) is 20.5. The maximum Gasteiger partial charge on any atom is 2.00 e. The quantitative estimate of drug-likeness (QED) is 0.597. The number of hydrogen-bond acceptors (Lipinski definition) is 6. The molecule has 0 aliphatic heterocycles. The molecule has 0 unspecified atom stereocenters. The summed E-state index contributed by atoms with van der Waals surface area (Å²) in [6, 6.07) is 4.81. The fourth-order valence-corrected chi connectivity index (χ4v) is 1.05. The molecule has 0 saturated carbocycles. The van der Waals surface area contributed by atoms with Gasteiger partial charge in [0.25, 0.3) is 0 Å². The van der Waals surface area contributed by atoms with Gasteiger partial charge in [-0.15, -0.1) is 0 Å². The Morgan fingerprint density at radius 1 is 1.22 bits per heavy atom. The van der Waals surface area contributed by atoms with Crippen LogP contribution in [0.15, 0.2) is 24.3 Å². The van der Waals surface area contributed by atoms with Crippen LogP contribution in [0.3, 0.4) is 0 Å². The molecule has 18 heavy (non-hydrogen) atoms. The Morgan fingerprint density at radius 2 is 1.67 bits per heavy atom. The minimum atomic E-state index is -1.40. The molecule has 0 aliphatic carbocycles. The van der Waals surface area contributed by atoms with Crippen LogP contribution in [-0.2, 0) is 0 Å². The summed E-state index contributed by atoms with van der Waals surface area (Å²) in [6.07, 6.45) is 1.06. The molecule has 0 atom stereocenters. The number of carbonyl (C=O) groups is 2. The van der Waals surface area contributed by atoms with E-state index in [0.717, 1.165) is 30.3 Å². The minimum Gasteiger partial charge on any atom is -0.545 e. The van der Waals surface area contributed by atoms with E-state index >= 15 is 0 Å². The molecule has 1 aromatic carbocycles. The predicted octanol–water partition coefficient (Wildman–Crippen LogP) is -0.365. The van der Waals surface area contributed by atoms with Crippen LogP contribution in [0.2, 0.25) is 0 Å². The SMILES string of the molecule is CCCSO.O=C([O-])c1cccc(C(=O)[O-])c1.[Mg+2]. The Bertz CT molecular complexity index is 352. The van der Waals surface area contributed by atoms with Gasteiger partial charge in [-0.2, -0.15) is 0 Å². The molecule has 0 heterocycles. The van der Waals surface area contributed by atoms with Crippen molar-refractivity contribution >= 4 is 47.0 Å². The second kappa shape index (κ2) is 11.3. The van der Waals surface area contributed by atoms with E-state index in [0.29, 0.717) is 0 Å². The average molecular weight is 281 g/mol. The number of aromatic carboxylic acids is 2. The molecule has 7 heteroatoms. The van der Waals surface area contributed by atoms with Crippen molar-refractivity contribution in [3.63, 3.8) is 0 Å². The van der Waals surface area contributed by atoms with Crippen LogP contribution in [0, 0.1) is 0 Å². The Labute approximate surface area is 126 Å². The molecule has 0 bridgehead atoms. The van der Waals surface area contributed by atoms with Crippen molar-refractivity contribution < 1.29 is 24.4 Å². The normalized spacial score (nSPS) is 8.56. The largest absolute Gasteiger partial charge is 2.00 e. The second-order valence-corrected chi connectivity index (χ2v) is 3.66. The standard InChI is InChI=1S/C8H6O4.C3H8OS.Mg/c9-7(10)5-2-1-3-6(4-5)8(11)12;1-2-3-5-4;/h1-4H,(H,9,10)(H,11,12);4H,2-3H2,1H3;/q;;+2/p-2. The number of benzene rings is 1. The topological polar surface area (TPSA) is 100 Å². The zero-order chi connectivity index (χ0) is 13.3. The molecule has 0 radical (unpaired) electrons. The van der Waals surface area contributed by atoms with Crippen LogP contribution in [0.4, 0.5) is 0 Å². The number of carboxylic acid groups (broad SMARTS) is 2. The van der Waals surface area contributed by atoms with Crippen molar-refractivity contribution in [2.24, 2.45) is 0 Å². The van der Waals surface area contributed by atoms with E-state index in [-0.39, 0.29) is 34.2 Å². The first-order valence-corrected chi connectivity index (χ1v) is 5.76. The molecule has 0 saturated heterocycles. The fraction of sp³-hybridized carbons (Fsp3) is 0.273. The Morgan fingerprint density at radius 3 is 1.89 bits per heavy atom. The van der Waals surface area contributed by atoms with Crippen LogP contribution in [0.25, 0.3) is 0 Å².